The van der Waals surface area contributed by atoms with Gasteiger partial charge in [0.1, 0.15) is 4.83 Å². The standard InChI is InChI=1S/C19H23N3O2S2/c1-3-10-22-18(24)15-13-6-4-5-7-14(13)26-17(15)21-19(22)25-11(2)16(23)20-12-8-9-12/h3,11-12H,1,4-10H2,2H3,(H,20,23)/t11-/m1/s1. The van der Waals surface area contributed by atoms with Crippen LogP contribution in [0.1, 0.15) is 43.0 Å². The molecule has 1 atom stereocenters. The third-order valence-corrected chi connectivity index (χ3v) is 7.20. The van der Waals surface area contributed by atoms with Crippen molar-refractivity contribution in [3.05, 3.63) is 33.4 Å². The summed E-state index contributed by atoms with van der Waals surface area (Å²) in [5, 5.41) is 4.13. The molecule has 1 fully saturated rings. The summed E-state index contributed by atoms with van der Waals surface area (Å²) in [6.45, 7) is 6.06. The Kier molecular flexibility index (Phi) is 4.92. The SMILES string of the molecule is C=CCn1c(S[C@H](C)C(=O)NC2CC2)nc2sc3c(c2c1=O)CCCC3. The third kappa shape index (κ3) is 3.34. The number of rotatable bonds is 6. The lowest BCUT2D eigenvalue weighted by molar-refractivity contribution is -0.120. The van der Waals surface area contributed by atoms with Crippen LogP contribution in [-0.4, -0.2) is 26.8 Å². The summed E-state index contributed by atoms with van der Waals surface area (Å²) in [5.74, 6) is 0.0162. The molecule has 2 aliphatic carbocycles. The first-order chi connectivity index (χ1) is 12.6. The summed E-state index contributed by atoms with van der Waals surface area (Å²) in [5.41, 5.74) is 1.20. The van der Waals surface area contributed by atoms with Crippen LogP contribution in [0.2, 0.25) is 0 Å². The van der Waals surface area contributed by atoms with Gasteiger partial charge in [-0.25, -0.2) is 4.98 Å². The Hall–Kier alpha value is -1.60. The fourth-order valence-corrected chi connectivity index (χ4v) is 5.59. The molecule has 2 aromatic rings. The number of aromatic nitrogens is 2. The zero-order chi connectivity index (χ0) is 18.3. The average Bonchev–Trinajstić information content (AvgIpc) is 3.35. The molecule has 5 nitrogen and oxygen atoms in total. The second-order valence-corrected chi connectivity index (χ2v) is 9.42. The predicted octanol–water partition coefficient (Wildman–Crippen LogP) is 3.28. The Labute approximate surface area is 160 Å². The maximum absolute atomic E-state index is 13.2. The van der Waals surface area contributed by atoms with Crippen LogP contribution in [0.3, 0.4) is 0 Å². The highest BCUT2D eigenvalue weighted by molar-refractivity contribution is 8.00. The number of carbonyl (C=O) groups is 1. The minimum atomic E-state index is -0.286. The van der Waals surface area contributed by atoms with E-state index in [-0.39, 0.29) is 16.7 Å². The van der Waals surface area contributed by atoms with Gasteiger partial charge >= 0.3 is 0 Å². The number of amides is 1. The van der Waals surface area contributed by atoms with Crippen molar-refractivity contribution in [1.29, 1.82) is 0 Å². The average molecular weight is 390 g/mol. The van der Waals surface area contributed by atoms with Crippen LogP contribution >= 0.6 is 23.1 Å². The number of thiophene rings is 1. The number of allylic oxidation sites excluding steroid dienone is 1. The maximum Gasteiger partial charge on any atom is 0.263 e. The minimum absolute atomic E-state index is 0.00611. The lowest BCUT2D eigenvalue weighted by Crippen LogP contribution is -2.33. The molecule has 2 heterocycles. The molecular weight excluding hydrogens is 366 g/mol. The van der Waals surface area contributed by atoms with E-state index in [0.29, 0.717) is 17.7 Å². The third-order valence-electron chi connectivity index (χ3n) is 4.93. The number of hydrogen-bond acceptors (Lipinski definition) is 5. The number of hydrogen-bond donors (Lipinski definition) is 1. The van der Waals surface area contributed by atoms with Crippen LogP contribution in [0.25, 0.3) is 10.2 Å². The number of thioether (sulfide) groups is 1. The highest BCUT2D eigenvalue weighted by atomic mass is 32.2. The van der Waals surface area contributed by atoms with Crippen molar-refractivity contribution >= 4 is 39.2 Å². The second-order valence-electron chi connectivity index (χ2n) is 7.03. The Morgan fingerprint density at radius 1 is 1.46 bits per heavy atom. The van der Waals surface area contributed by atoms with E-state index in [2.05, 4.69) is 11.9 Å². The molecule has 1 amide bonds. The molecule has 0 aliphatic heterocycles. The smallest absolute Gasteiger partial charge is 0.263 e. The van der Waals surface area contributed by atoms with Gasteiger partial charge in [-0.1, -0.05) is 17.8 Å². The fourth-order valence-electron chi connectivity index (χ4n) is 3.36. The van der Waals surface area contributed by atoms with Crippen LogP contribution in [0.15, 0.2) is 22.6 Å². The zero-order valence-electron chi connectivity index (χ0n) is 14.9. The van der Waals surface area contributed by atoms with E-state index in [1.807, 2.05) is 6.92 Å². The van der Waals surface area contributed by atoms with E-state index in [0.717, 1.165) is 42.3 Å². The van der Waals surface area contributed by atoms with Gasteiger partial charge < -0.3 is 5.32 Å². The summed E-state index contributed by atoms with van der Waals surface area (Å²) in [4.78, 5) is 32.4. The highest BCUT2D eigenvalue weighted by Crippen LogP contribution is 2.35. The van der Waals surface area contributed by atoms with E-state index in [1.54, 1.807) is 22.0 Å². The minimum Gasteiger partial charge on any atom is -0.352 e. The van der Waals surface area contributed by atoms with Crippen molar-refractivity contribution < 1.29 is 4.79 Å². The van der Waals surface area contributed by atoms with Gasteiger partial charge in [0, 0.05) is 17.5 Å². The first-order valence-electron chi connectivity index (χ1n) is 9.21. The van der Waals surface area contributed by atoms with Crippen molar-refractivity contribution in [2.75, 3.05) is 0 Å². The molecular formula is C19H23N3O2S2. The van der Waals surface area contributed by atoms with E-state index in [4.69, 9.17) is 4.98 Å². The van der Waals surface area contributed by atoms with Crippen molar-refractivity contribution in [2.45, 2.75) is 68.4 Å². The molecule has 2 aliphatic rings. The van der Waals surface area contributed by atoms with Gasteiger partial charge in [-0.05, 0) is 51.0 Å². The Bertz CT molecular complexity index is 927. The fraction of sp³-hybridized carbons (Fsp3) is 0.526. The Morgan fingerprint density at radius 3 is 2.96 bits per heavy atom. The van der Waals surface area contributed by atoms with E-state index >= 15 is 0 Å². The molecule has 1 saturated carbocycles. The normalized spacial score (nSPS) is 17.7. The maximum atomic E-state index is 13.2. The summed E-state index contributed by atoms with van der Waals surface area (Å²) in [7, 11) is 0. The molecule has 0 radical (unpaired) electrons. The van der Waals surface area contributed by atoms with Crippen molar-refractivity contribution in [1.82, 2.24) is 14.9 Å². The lowest BCUT2D eigenvalue weighted by atomic mass is 9.97. The molecule has 26 heavy (non-hydrogen) atoms. The van der Waals surface area contributed by atoms with Crippen molar-refractivity contribution in [3.63, 3.8) is 0 Å². The summed E-state index contributed by atoms with van der Waals surface area (Å²) >= 11 is 3.01. The Morgan fingerprint density at radius 2 is 2.23 bits per heavy atom. The molecule has 0 saturated heterocycles. The summed E-state index contributed by atoms with van der Waals surface area (Å²) in [6.07, 6.45) is 8.17. The summed E-state index contributed by atoms with van der Waals surface area (Å²) < 4.78 is 1.67. The number of carbonyl (C=O) groups excluding carboxylic acids is 1. The largest absolute Gasteiger partial charge is 0.352 e. The van der Waals surface area contributed by atoms with Crippen LogP contribution in [0, 0.1) is 0 Å². The number of fused-ring (bicyclic) bond motifs is 3. The number of aryl methyl sites for hydroxylation is 2. The van der Waals surface area contributed by atoms with Gasteiger partial charge in [0.2, 0.25) is 5.91 Å². The molecule has 4 rings (SSSR count). The van der Waals surface area contributed by atoms with E-state index in [1.165, 1.54) is 28.6 Å². The van der Waals surface area contributed by atoms with Crippen LogP contribution in [0.4, 0.5) is 0 Å². The van der Waals surface area contributed by atoms with Gasteiger partial charge in [-0.2, -0.15) is 0 Å². The monoisotopic (exact) mass is 389 g/mol. The van der Waals surface area contributed by atoms with Crippen LogP contribution in [-0.2, 0) is 24.2 Å². The van der Waals surface area contributed by atoms with Gasteiger partial charge in [0.25, 0.3) is 5.56 Å². The molecule has 2 aromatic heterocycles. The van der Waals surface area contributed by atoms with Crippen LogP contribution in [0.5, 0.6) is 0 Å². The number of nitrogens with one attached hydrogen (secondary N) is 1. The molecule has 0 unspecified atom stereocenters. The number of nitrogens with zero attached hydrogens (tertiary/aromatic N) is 2. The van der Waals surface area contributed by atoms with Crippen LogP contribution < -0.4 is 10.9 Å². The van der Waals surface area contributed by atoms with E-state index < -0.39 is 0 Å². The second kappa shape index (κ2) is 7.19. The molecule has 138 valence electrons. The van der Waals surface area contributed by atoms with E-state index in [9.17, 15) is 9.59 Å². The zero-order valence-corrected chi connectivity index (χ0v) is 16.5. The first-order valence-corrected chi connectivity index (χ1v) is 10.9. The van der Waals surface area contributed by atoms with Crippen molar-refractivity contribution in [2.24, 2.45) is 0 Å². The summed E-state index contributed by atoms with van der Waals surface area (Å²) in [6, 6.07) is 0.334. The van der Waals surface area contributed by atoms with Gasteiger partial charge in [0.05, 0.1) is 10.6 Å². The molecule has 1 N–H and O–H groups in total. The molecule has 7 heteroatoms. The highest BCUT2D eigenvalue weighted by Gasteiger charge is 2.28. The van der Waals surface area contributed by atoms with Crippen molar-refractivity contribution in [3.8, 4) is 0 Å². The molecule has 0 spiro atoms. The van der Waals surface area contributed by atoms with Gasteiger partial charge in [-0.3, -0.25) is 14.2 Å². The first kappa shape index (κ1) is 17.8. The quantitative estimate of drug-likeness (QED) is 0.468. The predicted molar refractivity (Wildman–Crippen MR) is 107 cm³/mol. The molecule has 0 bridgehead atoms. The van der Waals surface area contributed by atoms with Gasteiger partial charge in [-0.15, -0.1) is 17.9 Å². The lowest BCUT2D eigenvalue weighted by Gasteiger charge is -2.15. The Balaban J connectivity index is 1.72. The molecule has 0 aromatic carbocycles. The topological polar surface area (TPSA) is 64.0 Å². The van der Waals surface area contributed by atoms with Gasteiger partial charge in [0.15, 0.2) is 5.16 Å².